The van der Waals surface area contributed by atoms with Gasteiger partial charge in [-0.3, -0.25) is 10.2 Å². The van der Waals surface area contributed by atoms with Crippen molar-refractivity contribution in [3.05, 3.63) is 28.7 Å². The molecule has 1 aromatic rings. The first-order chi connectivity index (χ1) is 7.17. The van der Waals surface area contributed by atoms with E-state index in [-0.39, 0.29) is 5.91 Å². The molecular weight excluding hydrogens is 260 g/mol. The number of rotatable bonds is 4. The van der Waals surface area contributed by atoms with Crippen molar-refractivity contribution in [2.24, 2.45) is 5.84 Å². The molecule has 0 aliphatic heterocycles. The first-order valence-electron chi connectivity index (χ1n) is 4.60. The summed E-state index contributed by atoms with van der Waals surface area (Å²) in [6.45, 7) is 1.86. The van der Waals surface area contributed by atoms with Crippen molar-refractivity contribution in [1.29, 1.82) is 0 Å². The largest absolute Gasteiger partial charge is 0.481 e. The van der Waals surface area contributed by atoms with Gasteiger partial charge in [0.1, 0.15) is 5.75 Å². The van der Waals surface area contributed by atoms with Crippen molar-refractivity contribution >= 4 is 21.8 Å². The van der Waals surface area contributed by atoms with E-state index in [1.54, 1.807) is 12.1 Å². The third kappa shape index (κ3) is 3.53. The van der Waals surface area contributed by atoms with Gasteiger partial charge in [0.2, 0.25) is 0 Å². The molecule has 82 valence electrons. The maximum atomic E-state index is 11.2. The van der Waals surface area contributed by atoms with E-state index in [1.807, 2.05) is 19.1 Å². The van der Waals surface area contributed by atoms with Gasteiger partial charge in [0.25, 0.3) is 5.91 Å². The normalized spacial score (nSPS) is 11.9. The minimum absolute atomic E-state index is 0.319. The highest BCUT2D eigenvalue weighted by molar-refractivity contribution is 9.10. The van der Waals surface area contributed by atoms with E-state index in [4.69, 9.17) is 10.6 Å². The zero-order valence-electron chi connectivity index (χ0n) is 8.37. The lowest BCUT2D eigenvalue weighted by atomic mass is 10.2. The lowest BCUT2D eigenvalue weighted by Crippen LogP contribution is -2.41. The fourth-order valence-corrected chi connectivity index (χ4v) is 1.36. The van der Waals surface area contributed by atoms with Gasteiger partial charge < -0.3 is 4.74 Å². The number of nitrogens with one attached hydrogen (secondary N) is 1. The summed E-state index contributed by atoms with van der Waals surface area (Å²) in [4.78, 5) is 11.2. The quantitative estimate of drug-likeness (QED) is 0.497. The number of hydrazine groups is 1. The lowest BCUT2D eigenvalue weighted by molar-refractivity contribution is -0.128. The monoisotopic (exact) mass is 272 g/mol. The summed E-state index contributed by atoms with van der Waals surface area (Å²) in [6.07, 6.45) is 0.0233. The minimum Gasteiger partial charge on any atom is -0.481 e. The molecule has 15 heavy (non-hydrogen) atoms. The van der Waals surface area contributed by atoms with E-state index in [0.29, 0.717) is 12.2 Å². The van der Waals surface area contributed by atoms with E-state index in [2.05, 4.69) is 21.4 Å². The maximum absolute atomic E-state index is 11.2. The summed E-state index contributed by atoms with van der Waals surface area (Å²) in [7, 11) is 0. The van der Waals surface area contributed by atoms with E-state index in [1.165, 1.54) is 0 Å². The maximum Gasteiger partial charge on any atom is 0.274 e. The number of benzene rings is 1. The standard InChI is InChI=1S/C10H13BrN2O2/c1-2-9(10(14)13-12)15-8-5-3-7(11)4-6-8/h3-6,9H,2,12H2,1H3,(H,13,14). The third-order valence-corrected chi connectivity index (χ3v) is 2.43. The van der Waals surface area contributed by atoms with Crippen LogP contribution in [0.5, 0.6) is 5.75 Å². The van der Waals surface area contributed by atoms with Crippen LogP contribution < -0.4 is 16.0 Å². The number of carbonyl (C=O) groups is 1. The van der Waals surface area contributed by atoms with Crippen LogP contribution in [0, 0.1) is 0 Å². The van der Waals surface area contributed by atoms with Crippen molar-refractivity contribution in [1.82, 2.24) is 5.43 Å². The summed E-state index contributed by atoms with van der Waals surface area (Å²) >= 11 is 3.32. The van der Waals surface area contributed by atoms with Gasteiger partial charge in [-0.1, -0.05) is 22.9 Å². The smallest absolute Gasteiger partial charge is 0.274 e. The Kier molecular flexibility index (Phi) is 4.58. The second-order valence-corrected chi connectivity index (χ2v) is 3.89. The molecule has 1 atom stereocenters. The van der Waals surface area contributed by atoms with Gasteiger partial charge in [-0.2, -0.15) is 0 Å². The summed E-state index contributed by atoms with van der Waals surface area (Å²) in [5.74, 6) is 5.37. The lowest BCUT2D eigenvalue weighted by Gasteiger charge is -2.15. The molecule has 1 aromatic carbocycles. The molecule has 1 unspecified atom stereocenters. The third-order valence-electron chi connectivity index (χ3n) is 1.90. The first kappa shape index (κ1) is 12.0. The zero-order valence-corrected chi connectivity index (χ0v) is 9.95. The molecule has 0 aliphatic rings. The number of hydrogen-bond donors (Lipinski definition) is 2. The molecule has 1 rings (SSSR count). The van der Waals surface area contributed by atoms with Gasteiger partial charge >= 0.3 is 0 Å². The fraction of sp³-hybridized carbons (Fsp3) is 0.300. The van der Waals surface area contributed by atoms with Crippen LogP contribution in [0.25, 0.3) is 0 Å². The molecule has 0 aromatic heterocycles. The average Bonchev–Trinajstić information content (AvgIpc) is 2.27. The summed E-state index contributed by atoms with van der Waals surface area (Å²) in [5, 5.41) is 0. The minimum atomic E-state index is -0.545. The molecule has 0 saturated heterocycles. The zero-order chi connectivity index (χ0) is 11.3. The Hall–Kier alpha value is -1.07. The number of amides is 1. The number of ether oxygens (including phenoxy) is 1. The molecule has 0 spiro atoms. The van der Waals surface area contributed by atoms with Crippen LogP contribution in [0.2, 0.25) is 0 Å². The van der Waals surface area contributed by atoms with Crippen LogP contribution in [0.4, 0.5) is 0 Å². The number of carbonyl (C=O) groups excluding carboxylic acids is 1. The van der Waals surface area contributed by atoms with Crippen molar-refractivity contribution in [2.75, 3.05) is 0 Å². The highest BCUT2D eigenvalue weighted by Gasteiger charge is 2.16. The molecule has 0 radical (unpaired) electrons. The SMILES string of the molecule is CCC(Oc1ccc(Br)cc1)C(=O)NN. The van der Waals surface area contributed by atoms with Crippen molar-refractivity contribution < 1.29 is 9.53 Å². The van der Waals surface area contributed by atoms with Crippen LogP contribution in [0.3, 0.4) is 0 Å². The van der Waals surface area contributed by atoms with E-state index in [0.717, 1.165) is 4.47 Å². The Bertz CT molecular complexity index is 327. The summed E-state index contributed by atoms with van der Waals surface area (Å²) in [6, 6.07) is 7.28. The van der Waals surface area contributed by atoms with E-state index in [9.17, 15) is 4.79 Å². The fourth-order valence-electron chi connectivity index (χ4n) is 1.09. The number of hydrogen-bond acceptors (Lipinski definition) is 3. The van der Waals surface area contributed by atoms with Crippen LogP contribution in [0.15, 0.2) is 28.7 Å². The van der Waals surface area contributed by atoms with Gasteiger partial charge in [0, 0.05) is 4.47 Å². The molecule has 1 amide bonds. The van der Waals surface area contributed by atoms with E-state index >= 15 is 0 Å². The van der Waals surface area contributed by atoms with Crippen molar-refractivity contribution in [3.63, 3.8) is 0 Å². The molecule has 5 heteroatoms. The second kappa shape index (κ2) is 5.72. The van der Waals surface area contributed by atoms with Crippen LogP contribution >= 0.6 is 15.9 Å². The molecule has 0 bridgehead atoms. The van der Waals surface area contributed by atoms with Crippen molar-refractivity contribution in [2.45, 2.75) is 19.4 Å². The molecule has 0 saturated carbocycles. The van der Waals surface area contributed by atoms with Crippen molar-refractivity contribution in [3.8, 4) is 5.75 Å². The Labute approximate surface area is 96.9 Å². The summed E-state index contributed by atoms with van der Waals surface area (Å²) in [5.41, 5.74) is 2.07. The Morgan fingerprint density at radius 1 is 1.53 bits per heavy atom. The van der Waals surface area contributed by atoms with Gasteiger partial charge in [0.05, 0.1) is 0 Å². The second-order valence-electron chi connectivity index (χ2n) is 2.98. The Balaban J connectivity index is 2.66. The van der Waals surface area contributed by atoms with Gasteiger partial charge in [-0.05, 0) is 30.7 Å². The molecule has 4 nitrogen and oxygen atoms in total. The number of nitrogens with two attached hydrogens (primary N) is 1. The molecule has 0 fully saturated rings. The van der Waals surface area contributed by atoms with Crippen LogP contribution in [-0.4, -0.2) is 12.0 Å². The van der Waals surface area contributed by atoms with Crippen LogP contribution in [0.1, 0.15) is 13.3 Å². The Morgan fingerprint density at radius 2 is 2.13 bits per heavy atom. The Morgan fingerprint density at radius 3 is 2.60 bits per heavy atom. The molecule has 0 aliphatic carbocycles. The highest BCUT2D eigenvalue weighted by Crippen LogP contribution is 2.17. The molecule has 3 N–H and O–H groups in total. The van der Waals surface area contributed by atoms with Gasteiger partial charge in [0.15, 0.2) is 6.10 Å². The predicted molar refractivity (Wildman–Crippen MR) is 61.2 cm³/mol. The average molecular weight is 273 g/mol. The molecular formula is C10H13BrN2O2. The topological polar surface area (TPSA) is 64.3 Å². The predicted octanol–water partition coefficient (Wildman–Crippen LogP) is 1.60. The van der Waals surface area contributed by atoms with Gasteiger partial charge in [-0.25, -0.2) is 5.84 Å². The van der Waals surface area contributed by atoms with Crippen LogP contribution in [-0.2, 0) is 4.79 Å². The summed E-state index contributed by atoms with van der Waals surface area (Å²) < 4.78 is 6.42. The van der Waals surface area contributed by atoms with Gasteiger partial charge in [-0.15, -0.1) is 0 Å². The molecule has 0 heterocycles. The first-order valence-corrected chi connectivity index (χ1v) is 5.39. The number of halogens is 1. The van der Waals surface area contributed by atoms with E-state index < -0.39 is 6.10 Å². The highest BCUT2D eigenvalue weighted by atomic mass is 79.9.